The van der Waals surface area contributed by atoms with Gasteiger partial charge in [-0.15, -0.1) is 24.0 Å². The van der Waals surface area contributed by atoms with E-state index in [1.54, 1.807) is 0 Å². The normalized spacial score (nSPS) is 24.9. The van der Waals surface area contributed by atoms with Crippen molar-refractivity contribution < 1.29 is 9.53 Å². The van der Waals surface area contributed by atoms with Crippen LogP contribution in [0.1, 0.15) is 39.5 Å². The number of likely N-dealkylation sites (tertiary alicyclic amines) is 1. The highest BCUT2D eigenvalue weighted by Gasteiger charge is 2.36. The van der Waals surface area contributed by atoms with E-state index in [4.69, 9.17) is 9.73 Å². The van der Waals surface area contributed by atoms with E-state index >= 15 is 0 Å². The van der Waals surface area contributed by atoms with Crippen LogP contribution in [0.4, 0.5) is 0 Å². The van der Waals surface area contributed by atoms with Crippen LogP contribution in [-0.2, 0) is 9.53 Å². The third-order valence-corrected chi connectivity index (χ3v) is 4.48. The Balaban J connectivity index is 0.00000242. The molecule has 0 bridgehead atoms. The van der Waals surface area contributed by atoms with Gasteiger partial charge in [0, 0.05) is 26.2 Å². The van der Waals surface area contributed by atoms with Gasteiger partial charge in [-0.1, -0.05) is 19.8 Å². The minimum atomic E-state index is -0.102. The molecule has 2 rings (SSSR count). The van der Waals surface area contributed by atoms with E-state index in [-0.39, 0.29) is 35.9 Å². The number of ether oxygens (including phenoxy) is 1. The van der Waals surface area contributed by atoms with Crippen LogP contribution in [0.3, 0.4) is 0 Å². The Morgan fingerprint density at radius 2 is 2.09 bits per heavy atom. The van der Waals surface area contributed by atoms with Crippen LogP contribution < -0.4 is 5.32 Å². The third-order valence-electron chi connectivity index (χ3n) is 4.48. The molecule has 2 aliphatic rings. The molecular weight excluding hydrogens is 393 g/mol. The van der Waals surface area contributed by atoms with Crippen molar-refractivity contribution in [1.29, 1.82) is 0 Å². The van der Waals surface area contributed by atoms with Crippen LogP contribution in [0.25, 0.3) is 0 Å². The highest BCUT2D eigenvalue weighted by molar-refractivity contribution is 14.0. The molecule has 2 unspecified atom stereocenters. The number of halogens is 1. The highest BCUT2D eigenvalue weighted by atomic mass is 127. The lowest BCUT2D eigenvalue weighted by Crippen LogP contribution is -2.40. The Bertz CT molecular complexity index is 386. The summed E-state index contributed by atoms with van der Waals surface area (Å²) in [6.45, 7) is 7.51. The van der Waals surface area contributed by atoms with E-state index in [0.717, 1.165) is 31.5 Å². The van der Waals surface area contributed by atoms with Crippen LogP contribution in [0, 0.1) is 17.8 Å². The summed E-state index contributed by atoms with van der Waals surface area (Å²) in [5, 5.41) is 3.35. The molecule has 0 aromatic rings. The quantitative estimate of drug-likeness (QED) is 0.235. The Labute approximate surface area is 151 Å². The van der Waals surface area contributed by atoms with Crippen LogP contribution in [0.15, 0.2) is 4.99 Å². The summed E-state index contributed by atoms with van der Waals surface area (Å²) in [4.78, 5) is 18.7. The van der Waals surface area contributed by atoms with Gasteiger partial charge in [0.25, 0.3) is 0 Å². The molecule has 1 aliphatic carbocycles. The first kappa shape index (κ1) is 19.5. The van der Waals surface area contributed by atoms with Crippen LogP contribution in [0.5, 0.6) is 0 Å². The molecule has 0 aromatic heterocycles. The predicted molar refractivity (Wildman–Crippen MR) is 99.6 cm³/mol. The largest absolute Gasteiger partial charge is 0.469 e. The maximum absolute atomic E-state index is 11.8. The average Bonchev–Trinajstić information content (AvgIpc) is 3.22. The fourth-order valence-corrected chi connectivity index (χ4v) is 3.00. The molecule has 5 nitrogen and oxygen atoms in total. The molecule has 2 atom stereocenters. The molecule has 6 heteroatoms. The first-order valence-corrected chi connectivity index (χ1v) is 8.26. The van der Waals surface area contributed by atoms with E-state index in [0.29, 0.717) is 12.5 Å². The molecule has 128 valence electrons. The van der Waals surface area contributed by atoms with Gasteiger partial charge in [-0.2, -0.15) is 0 Å². The average molecular weight is 423 g/mol. The number of nitrogens with zero attached hydrogens (tertiary/aromatic N) is 2. The van der Waals surface area contributed by atoms with Crippen molar-refractivity contribution in [2.45, 2.75) is 39.5 Å². The van der Waals surface area contributed by atoms with E-state index in [1.807, 2.05) is 0 Å². The van der Waals surface area contributed by atoms with E-state index in [1.165, 1.54) is 32.8 Å². The number of carbonyl (C=O) groups is 1. The number of nitrogens with one attached hydrogen (secondary N) is 1. The number of esters is 1. The van der Waals surface area contributed by atoms with Gasteiger partial charge in [-0.05, 0) is 31.6 Å². The number of guanidine groups is 1. The Kier molecular flexibility index (Phi) is 8.49. The Morgan fingerprint density at radius 3 is 2.68 bits per heavy atom. The number of carbonyl (C=O) groups excluding carboxylic acids is 1. The number of aliphatic imine (C=N–C) groups is 1. The maximum atomic E-state index is 11.8. The van der Waals surface area contributed by atoms with Crippen molar-refractivity contribution in [1.82, 2.24) is 10.2 Å². The number of methoxy groups -OCH3 is 1. The lowest BCUT2D eigenvalue weighted by molar-refractivity contribution is -0.145. The SMILES string of the molecule is CCNC(=NCCCC1CC1)N1CC(C)C(C(=O)OC)C1.I. The minimum Gasteiger partial charge on any atom is -0.469 e. The van der Waals surface area contributed by atoms with Crippen LogP contribution in [-0.4, -0.2) is 50.1 Å². The zero-order chi connectivity index (χ0) is 15.2. The summed E-state index contributed by atoms with van der Waals surface area (Å²) >= 11 is 0. The van der Waals surface area contributed by atoms with Crippen molar-refractivity contribution in [3.05, 3.63) is 0 Å². The second kappa shape index (κ2) is 9.57. The van der Waals surface area contributed by atoms with Gasteiger partial charge in [0.1, 0.15) is 0 Å². The molecule has 2 fully saturated rings. The lowest BCUT2D eigenvalue weighted by Gasteiger charge is -2.21. The molecule has 0 spiro atoms. The summed E-state index contributed by atoms with van der Waals surface area (Å²) in [5.41, 5.74) is 0. The van der Waals surface area contributed by atoms with Crippen molar-refractivity contribution in [3.8, 4) is 0 Å². The van der Waals surface area contributed by atoms with Gasteiger partial charge in [-0.3, -0.25) is 9.79 Å². The van der Waals surface area contributed by atoms with Crippen molar-refractivity contribution in [2.24, 2.45) is 22.7 Å². The Morgan fingerprint density at radius 1 is 1.36 bits per heavy atom. The van der Waals surface area contributed by atoms with Gasteiger partial charge >= 0.3 is 5.97 Å². The monoisotopic (exact) mass is 423 g/mol. The van der Waals surface area contributed by atoms with E-state index < -0.39 is 0 Å². The molecule has 0 radical (unpaired) electrons. The minimum absolute atomic E-state index is 0. The number of rotatable bonds is 6. The standard InChI is InChI=1S/C16H29N3O2.HI/c1-4-17-16(18-9-5-6-13-7-8-13)19-10-12(2)14(11-19)15(20)21-3;/h12-14H,4-11H2,1-3H3,(H,17,18);1H. The van der Waals surface area contributed by atoms with Gasteiger partial charge in [-0.25, -0.2) is 0 Å². The summed E-state index contributed by atoms with van der Waals surface area (Å²) in [6, 6.07) is 0. The molecule has 1 N–H and O–H groups in total. The molecule has 22 heavy (non-hydrogen) atoms. The molecule has 0 amide bonds. The second-order valence-corrected chi connectivity index (χ2v) is 6.33. The molecular formula is C16H30IN3O2. The van der Waals surface area contributed by atoms with Gasteiger partial charge < -0.3 is 15.0 Å². The molecule has 0 aromatic carbocycles. The molecule has 1 heterocycles. The first-order chi connectivity index (χ1) is 10.2. The zero-order valence-corrected chi connectivity index (χ0v) is 16.3. The summed E-state index contributed by atoms with van der Waals surface area (Å²) in [6.07, 6.45) is 5.30. The first-order valence-electron chi connectivity index (χ1n) is 8.26. The summed E-state index contributed by atoms with van der Waals surface area (Å²) < 4.78 is 4.90. The topological polar surface area (TPSA) is 53.9 Å². The Hall–Kier alpha value is -0.530. The number of hydrogen-bond acceptors (Lipinski definition) is 3. The highest BCUT2D eigenvalue weighted by Crippen LogP contribution is 2.33. The van der Waals surface area contributed by atoms with Crippen molar-refractivity contribution in [2.75, 3.05) is 33.3 Å². The van der Waals surface area contributed by atoms with E-state index in [2.05, 4.69) is 24.1 Å². The van der Waals surface area contributed by atoms with Crippen molar-refractivity contribution >= 4 is 35.9 Å². The maximum Gasteiger partial charge on any atom is 0.310 e. The smallest absolute Gasteiger partial charge is 0.310 e. The fourth-order valence-electron chi connectivity index (χ4n) is 3.00. The summed E-state index contributed by atoms with van der Waals surface area (Å²) in [7, 11) is 1.47. The van der Waals surface area contributed by atoms with Crippen LogP contribution in [0.2, 0.25) is 0 Å². The molecule has 1 saturated carbocycles. The predicted octanol–water partition coefficient (Wildman–Crippen LogP) is 2.50. The van der Waals surface area contributed by atoms with Gasteiger partial charge in [0.2, 0.25) is 0 Å². The number of hydrogen-bond donors (Lipinski definition) is 1. The lowest BCUT2D eigenvalue weighted by atomic mass is 9.99. The molecule has 1 saturated heterocycles. The zero-order valence-electron chi connectivity index (χ0n) is 14.0. The third kappa shape index (κ3) is 5.59. The van der Waals surface area contributed by atoms with E-state index in [9.17, 15) is 4.79 Å². The van der Waals surface area contributed by atoms with Gasteiger partial charge in [0.15, 0.2) is 5.96 Å². The fraction of sp³-hybridized carbons (Fsp3) is 0.875. The summed E-state index contributed by atoms with van der Waals surface area (Å²) in [5.74, 6) is 2.09. The van der Waals surface area contributed by atoms with Crippen molar-refractivity contribution in [3.63, 3.8) is 0 Å². The van der Waals surface area contributed by atoms with Gasteiger partial charge in [0.05, 0.1) is 13.0 Å². The second-order valence-electron chi connectivity index (χ2n) is 6.33. The van der Waals surface area contributed by atoms with Crippen LogP contribution >= 0.6 is 24.0 Å². The molecule has 1 aliphatic heterocycles.